The first kappa shape index (κ1) is 21.1. The summed E-state index contributed by atoms with van der Waals surface area (Å²) in [6, 6.07) is 3.95. The zero-order chi connectivity index (χ0) is 23.5. The molecule has 0 spiro atoms. The van der Waals surface area contributed by atoms with Crippen molar-refractivity contribution in [2.75, 3.05) is 6.61 Å². The van der Waals surface area contributed by atoms with E-state index in [0.29, 0.717) is 33.9 Å². The number of hydrogen-bond donors (Lipinski definition) is 1. The third kappa shape index (κ3) is 3.35. The van der Waals surface area contributed by atoms with Crippen molar-refractivity contribution < 1.29 is 22.3 Å². The SMILES string of the molecule is CC(C)COc1cc(F)cc2c3c(-c4nn[nH]c4C(F)(F)F)ccnc3c3ncn(C)c3c12. The summed E-state index contributed by atoms with van der Waals surface area (Å²) in [5.41, 5.74) is 0.0283. The van der Waals surface area contributed by atoms with Crippen LogP contribution in [-0.2, 0) is 13.2 Å². The molecule has 0 radical (unpaired) electrons. The summed E-state index contributed by atoms with van der Waals surface area (Å²) >= 11 is 0. The monoisotopic (exact) mass is 458 g/mol. The summed E-state index contributed by atoms with van der Waals surface area (Å²) in [4.78, 5) is 8.82. The molecular formula is C22H18F4N6O. The number of H-pyrrole nitrogens is 1. The maximum absolute atomic E-state index is 14.8. The van der Waals surface area contributed by atoms with Crippen molar-refractivity contribution in [3.8, 4) is 17.0 Å². The van der Waals surface area contributed by atoms with E-state index in [-0.39, 0.29) is 22.6 Å². The van der Waals surface area contributed by atoms with E-state index in [2.05, 4.69) is 20.3 Å². The third-order valence-electron chi connectivity index (χ3n) is 5.34. The Balaban J connectivity index is 1.97. The molecule has 7 nitrogen and oxygen atoms in total. The minimum atomic E-state index is -4.71. The highest BCUT2D eigenvalue weighted by Gasteiger charge is 2.38. The summed E-state index contributed by atoms with van der Waals surface area (Å²) in [5.74, 6) is -0.136. The van der Waals surface area contributed by atoms with Crippen molar-refractivity contribution in [3.63, 3.8) is 0 Å². The van der Waals surface area contributed by atoms with Gasteiger partial charge in [-0.3, -0.25) is 10.1 Å². The van der Waals surface area contributed by atoms with Crippen LogP contribution in [0, 0.1) is 11.7 Å². The van der Waals surface area contributed by atoms with Crippen LogP contribution in [0.2, 0.25) is 0 Å². The van der Waals surface area contributed by atoms with Gasteiger partial charge in [-0.05, 0) is 18.1 Å². The number of halogens is 4. The lowest BCUT2D eigenvalue weighted by Gasteiger charge is -2.16. The average Bonchev–Trinajstić information content (AvgIpc) is 3.39. The molecule has 0 unspecified atom stereocenters. The second kappa shape index (κ2) is 7.39. The largest absolute Gasteiger partial charge is 0.492 e. The highest BCUT2D eigenvalue weighted by atomic mass is 19.4. The first-order valence-electron chi connectivity index (χ1n) is 10.1. The molecule has 0 aliphatic carbocycles. The van der Waals surface area contributed by atoms with Gasteiger partial charge in [0, 0.05) is 35.6 Å². The number of pyridine rings is 1. The van der Waals surface area contributed by atoms with Crippen molar-refractivity contribution in [1.82, 2.24) is 29.9 Å². The van der Waals surface area contributed by atoms with Crippen molar-refractivity contribution >= 4 is 32.7 Å². The van der Waals surface area contributed by atoms with Gasteiger partial charge in [-0.1, -0.05) is 19.1 Å². The van der Waals surface area contributed by atoms with Gasteiger partial charge in [0.2, 0.25) is 0 Å². The lowest BCUT2D eigenvalue weighted by atomic mass is 9.96. The smallest absolute Gasteiger partial charge is 0.435 e. The Hall–Kier alpha value is -3.76. The third-order valence-corrected chi connectivity index (χ3v) is 5.34. The standard InChI is InChI=1S/C22H18F4N6O/c1-10(2)8-33-14-7-11(23)6-13-15-12(17-21(22(24,25)26)30-31-29-17)4-5-27-18(15)19-20(16(13)14)32(3)9-28-19/h4-7,9-10H,8H2,1-3H3,(H,29,30,31). The number of nitrogens with zero attached hydrogens (tertiary/aromatic N) is 5. The molecule has 2 aromatic carbocycles. The zero-order valence-electron chi connectivity index (χ0n) is 17.8. The highest BCUT2D eigenvalue weighted by molar-refractivity contribution is 6.26. The topological polar surface area (TPSA) is 81.5 Å². The first-order chi connectivity index (χ1) is 15.7. The molecular weight excluding hydrogens is 440 g/mol. The van der Waals surface area contributed by atoms with E-state index in [9.17, 15) is 17.6 Å². The minimum absolute atomic E-state index is 0.110. The lowest BCUT2D eigenvalue weighted by molar-refractivity contribution is -0.140. The fourth-order valence-corrected chi connectivity index (χ4v) is 4.02. The number of ether oxygens (including phenoxy) is 1. The van der Waals surface area contributed by atoms with Gasteiger partial charge in [0.15, 0.2) is 5.69 Å². The molecule has 0 aliphatic rings. The molecule has 33 heavy (non-hydrogen) atoms. The molecule has 3 aromatic heterocycles. The summed E-state index contributed by atoms with van der Waals surface area (Å²) in [6.07, 6.45) is -1.76. The van der Waals surface area contributed by atoms with Gasteiger partial charge in [-0.15, -0.1) is 5.10 Å². The Morgan fingerprint density at radius 3 is 2.64 bits per heavy atom. The molecule has 1 N–H and O–H groups in total. The van der Waals surface area contributed by atoms with E-state index in [1.54, 1.807) is 17.9 Å². The van der Waals surface area contributed by atoms with E-state index in [4.69, 9.17) is 4.74 Å². The van der Waals surface area contributed by atoms with E-state index < -0.39 is 23.4 Å². The van der Waals surface area contributed by atoms with Crippen LogP contribution in [0.3, 0.4) is 0 Å². The summed E-state index contributed by atoms with van der Waals surface area (Å²) in [6.45, 7) is 4.25. The number of nitrogens with one attached hydrogen (secondary N) is 1. The number of aryl methyl sites for hydroxylation is 1. The highest BCUT2D eigenvalue weighted by Crippen LogP contribution is 2.44. The summed E-state index contributed by atoms with van der Waals surface area (Å²) < 4.78 is 63.3. The van der Waals surface area contributed by atoms with Crippen LogP contribution in [0.5, 0.6) is 5.75 Å². The van der Waals surface area contributed by atoms with Crippen LogP contribution in [0.4, 0.5) is 17.6 Å². The Bertz CT molecular complexity index is 1520. The maximum Gasteiger partial charge on any atom is 0.435 e. The van der Waals surface area contributed by atoms with Crippen molar-refractivity contribution in [2.45, 2.75) is 20.0 Å². The van der Waals surface area contributed by atoms with Gasteiger partial charge >= 0.3 is 6.18 Å². The minimum Gasteiger partial charge on any atom is -0.492 e. The van der Waals surface area contributed by atoms with Crippen LogP contribution >= 0.6 is 0 Å². The molecule has 0 amide bonds. The van der Waals surface area contributed by atoms with Gasteiger partial charge in [-0.25, -0.2) is 9.37 Å². The van der Waals surface area contributed by atoms with Crippen molar-refractivity contribution in [3.05, 3.63) is 42.2 Å². The van der Waals surface area contributed by atoms with Crippen LogP contribution in [-0.4, -0.2) is 36.6 Å². The maximum atomic E-state index is 14.8. The fraction of sp³-hybridized carbons (Fsp3) is 0.273. The molecule has 0 atom stereocenters. The second-order valence-electron chi connectivity index (χ2n) is 8.20. The average molecular weight is 458 g/mol. The summed E-state index contributed by atoms with van der Waals surface area (Å²) in [7, 11) is 1.78. The molecule has 0 saturated heterocycles. The number of aromatic nitrogens is 6. The van der Waals surface area contributed by atoms with E-state index in [0.717, 1.165) is 0 Å². The number of rotatable bonds is 4. The van der Waals surface area contributed by atoms with Crippen molar-refractivity contribution in [1.29, 1.82) is 0 Å². The van der Waals surface area contributed by atoms with Crippen molar-refractivity contribution in [2.24, 2.45) is 13.0 Å². The molecule has 11 heteroatoms. The number of fused-ring (bicyclic) bond motifs is 6. The number of imidazole rings is 1. The molecule has 0 fully saturated rings. The van der Waals surface area contributed by atoms with Gasteiger partial charge in [-0.2, -0.15) is 13.2 Å². The number of hydrogen-bond acceptors (Lipinski definition) is 5. The molecule has 5 aromatic rings. The quantitative estimate of drug-likeness (QED) is 0.294. The number of benzene rings is 2. The Kier molecular flexibility index (Phi) is 4.73. The van der Waals surface area contributed by atoms with Crippen LogP contribution in [0.1, 0.15) is 19.5 Å². The van der Waals surface area contributed by atoms with Gasteiger partial charge < -0.3 is 9.30 Å². The van der Waals surface area contributed by atoms with Crippen LogP contribution in [0.25, 0.3) is 44.0 Å². The van der Waals surface area contributed by atoms with E-state index >= 15 is 0 Å². The lowest BCUT2D eigenvalue weighted by Crippen LogP contribution is -2.08. The van der Waals surface area contributed by atoms with Gasteiger partial charge in [0.25, 0.3) is 0 Å². The summed E-state index contributed by atoms with van der Waals surface area (Å²) in [5, 5.41) is 10.2. The normalized spacial score (nSPS) is 12.5. The Labute approximate surface area is 184 Å². The van der Waals surface area contributed by atoms with E-state index in [1.807, 2.05) is 18.9 Å². The zero-order valence-corrected chi connectivity index (χ0v) is 17.8. The first-order valence-corrected chi connectivity index (χ1v) is 10.1. The molecule has 5 rings (SSSR count). The molecule has 3 heterocycles. The van der Waals surface area contributed by atoms with Crippen LogP contribution in [0.15, 0.2) is 30.7 Å². The fourth-order valence-electron chi connectivity index (χ4n) is 4.02. The molecule has 0 aliphatic heterocycles. The van der Waals surface area contributed by atoms with Gasteiger partial charge in [0.1, 0.15) is 22.8 Å². The number of alkyl halides is 3. The van der Waals surface area contributed by atoms with Gasteiger partial charge in [0.05, 0.1) is 29.4 Å². The molecule has 170 valence electrons. The molecule has 0 saturated carbocycles. The predicted octanol–water partition coefficient (Wildman–Crippen LogP) is 5.25. The Morgan fingerprint density at radius 2 is 1.91 bits per heavy atom. The number of aromatic amines is 1. The molecule has 0 bridgehead atoms. The van der Waals surface area contributed by atoms with Crippen LogP contribution < -0.4 is 4.74 Å². The Morgan fingerprint density at radius 1 is 1.12 bits per heavy atom. The van der Waals surface area contributed by atoms with E-state index in [1.165, 1.54) is 24.4 Å². The second-order valence-corrected chi connectivity index (χ2v) is 8.20. The predicted molar refractivity (Wildman–Crippen MR) is 114 cm³/mol.